The first-order valence-corrected chi connectivity index (χ1v) is 12.7. The molecule has 6 rings (SSSR count). The van der Waals surface area contributed by atoms with E-state index in [0.29, 0.717) is 35.4 Å². The molecule has 0 aliphatic carbocycles. The number of aromatic amines is 1. The summed E-state index contributed by atoms with van der Waals surface area (Å²) in [5, 5.41) is 10.3. The first kappa shape index (κ1) is 22.2. The Kier molecular flexibility index (Phi) is 5.55. The number of hydrogen-bond acceptors (Lipinski definition) is 6. The number of ether oxygens (including phenoxy) is 1. The fourth-order valence-corrected chi connectivity index (χ4v) is 6.35. The molecule has 1 saturated heterocycles. The third kappa shape index (κ3) is 3.71. The number of benzene rings is 1. The van der Waals surface area contributed by atoms with E-state index in [1.165, 1.54) is 0 Å². The first-order chi connectivity index (χ1) is 17.0. The molecule has 5 heterocycles. The molecule has 2 aliphatic rings. The number of para-hydroxylation sites is 1. The molecular weight excluding hydrogens is 462 g/mol. The predicted molar refractivity (Wildman–Crippen MR) is 137 cm³/mol. The Balaban J connectivity index is 1.44. The highest BCUT2D eigenvalue weighted by Gasteiger charge is 2.36. The van der Waals surface area contributed by atoms with Crippen molar-refractivity contribution >= 4 is 55.4 Å². The molecule has 2 aliphatic heterocycles. The monoisotopic (exact) mass is 489 g/mol. The number of likely N-dealkylation sites (tertiary alicyclic amines) is 1. The van der Waals surface area contributed by atoms with Crippen LogP contribution in [0.3, 0.4) is 0 Å². The highest BCUT2D eigenvalue weighted by atomic mass is 32.1. The molecule has 2 amide bonds. The lowest BCUT2D eigenvalue weighted by atomic mass is 9.91. The number of imide groups is 1. The van der Waals surface area contributed by atoms with Gasteiger partial charge in [0.2, 0.25) is 0 Å². The van der Waals surface area contributed by atoms with Gasteiger partial charge in [-0.2, -0.15) is 5.10 Å². The average molecular weight is 490 g/mol. The second kappa shape index (κ2) is 8.75. The van der Waals surface area contributed by atoms with Crippen LogP contribution in [0.5, 0.6) is 0 Å². The van der Waals surface area contributed by atoms with Gasteiger partial charge in [0, 0.05) is 36.8 Å². The summed E-state index contributed by atoms with van der Waals surface area (Å²) in [5.74, 6) is -0.327. The van der Waals surface area contributed by atoms with E-state index in [9.17, 15) is 9.59 Å². The van der Waals surface area contributed by atoms with E-state index in [1.807, 2.05) is 46.6 Å². The maximum atomic E-state index is 13.1. The number of rotatable bonds is 6. The van der Waals surface area contributed by atoms with Crippen LogP contribution in [0, 0.1) is 5.92 Å². The van der Waals surface area contributed by atoms with Gasteiger partial charge >= 0.3 is 0 Å². The number of amides is 2. The van der Waals surface area contributed by atoms with Gasteiger partial charge in [-0.05, 0) is 49.9 Å². The number of carbonyl (C=O) groups excluding carboxylic acids is 2. The van der Waals surface area contributed by atoms with Gasteiger partial charge in [-0.1, -0.05) is 18.2 Å². The van der Waals surface area contributed by atoms with Crippen molar-refractivity contribution in [3.05, 3.63) is 53.2 Å². The highest BCUT2D eigenvalue weighted by molar-refractivity contribution is 7.17. The van der Waals surface area contributed by atoms with Crippen LogP contribution in [-0.4, -0.2) is 64.8 Å². The number of likely N-dealkylation sites (N-methyl/N-ethyl adjacent to an activating group) is 1. The van der Waals surface area contributed by atoms with Gasteiger partial charge in [-0.15, -0.1) is 11.3 Å². The Hall–Kier alpha value is -3.27. The lowest BCUT2D eigenvalue weighted by Crippen LogP contribution is -2.43. The van der Waals surface area contributed by atoms with E-state index in [2.05, 4.69) is 22.2 Å². The summed E-state index contributed by atoms with van der Waals surface area (Å²) in [6.45, 7) is 2.48. The smallest absolute Gasteiger partial charge is 0.261 e. The van der Waals surface area contributed by atoms with E-state index in [-0.39, 0.29) is 5.91 Å². The van der Waals surface area contributed by atoms with E-state index < -0.39 is 5.91 Å². The van der Waals surface area contributed by atoms with Crippen LogP contribution in [0.1, 0.15) is 24.1 Å². The van der Waals surface area contributed by atoms with Gasteiger partial charge in [0.05, 0.1) is 33.5 Å². The molecule has 1 aromatic carbocycles. The predicted octanol–water partition coefficient (Wildman–Crippen LogP) is 3.50. The van der Waals surface area contributed by atoms with Gasteiger partial charge in [0.1, 0.15) is 5.69 Å². The van der Waals surface area contributed by atoms with Crippen molar-refractivity contribution in [3.63, 3.8) is 0 Å². The third-order valence-corrected chi connectivity index (χ3v) is 8.23. The summed E-state index contributed by atoms with van der Waals surface area (Å²) >= 11 is 1.55. The molecule has 4 aromatic rings. The lowest BCUT2D eigenvalue weighted by molar-refractivity contribution is -0.122. The van der Waals surface area contributed by atoms with Gasteiger partial charge in [0.15, 0.2) is 0 Å². The largest absolute Gasteiger partial charge is 0.383 e. The standard InChI is InChI=1S/C26H27N5O3S/c1-30-9-7-15(11-16(30)14-34-2)13-31-20-6-4-3-5-17(20)23(29-31)22-21(25(32)28-26(22)33)18-12-27-19-8-10-35-24(18)19/h3-6,8,10,12,15-16,27H,7,9,11,13-14H2,1-2H3,(H,28,32,33). The van der Waals surface area contributed by atoms with Crippen LogP contribution in [0.4, 0.5) is 0 Å². The maximum absolute atomic E-state index is 13.1. The number of thiophene rings is 1. The molecular formula is C26H27N5O3S. The second-order valence-electron chi connectivity index (χ2n) is 9.43. The van der Waals surface area contributed by atoms with Crippen LogP contribution in [-0.2, 0) is 20.9 Å². The number of nitrogens with zero attached hydrogens (tertiary/aromatic N) is 3. The first-order valence-electron chi connectivity index (χ1n) is 11.8. The zero-order valence-electron chi connectivity index (χ0n) is 19.7. The van der Waals surface area contributed by atoms with Crippen molar-refractivity contribution in [2.45, 2.75) is 25.4 Å². The highest BCUT2D eigenvalue weighted by Crippen LogP contribution is 2.38. The van der Waals surface area contributed by atoms with Crippen LogP contribution in [0.25, 0.3) is 32.3 Å². The quantitative estimate of drug-likeness (QED) is 0.405. The molecule has 0 saturated carbocycles. The zero-order chi connectivity index (χ0) is 24.1. The third-order valence-electron chi connectivity index (χ3n) is 7.29. The molecule has 0 bridgehead atoms. The van der Waals surface area contributed by atoms with Crippen molar-refractivity contribution in [2.24, 2.45) is 5.92 Å². The Morgan fingerprint density at radius 1 is 1.17 bits per heavy atom. The molecule has 35 heavy (non-hydrogen) atoms. The van der Waals surface area contributed by atoms with Crippen molar-refractivity contribution in [1.82, 2.24) is 25.0 Å². The van der Waals surface area contributed by atoms with Gasteiger partial charge in [0.25, 0.3) is 11.8 Å². The summed E-state index contributed by atoms with van der Waals surface area (Å²) in [6, 6.07) is 10.3. The molecule has 8 nitrogen and oxygen atoms in total. The van der Waals surface area contributed by atoms with Crippen LogP contribution >= 0.6 is 11.3 Å². The second-order valence-corrected chi connectivity index (χ2v) is 10.3. The Labute approximate surface area is 206 Å². The van der Waals surface area contributed by atoms with Crippen molar-refractivity contribution in [3.8, 4) is 0 Å². The van der Waals surface area contributed by atoms with Crippen molar-refractivity contribution in [2.75, 3.05) is 27.3 Å². The van der Waals surface area contributed by atoms with Crippen LogP contribution in [0.15, 0.2) is 41.9 Å². The fraction of sp³-hybridized carbons (Fsp3) is 0.346. The molecule has 2 N–H and O–H groups in total. The summed E-state index contributed by atoms with van der Waals surface area (Å²) in [5.41, 5.74) is 3.96. The molecule has 2 unspecified atom stereocenters. The topological polar surface area (TPSA) is 92.2 Å². The van der Waals surface area contributed by atoms with Gasteiger partial charge in [-0.3, -0.25) is 19.6 Å². The summed E-state index contributed by atoms with van der Waals surface area (Å²) in [6.07, 6.45) is 3.91. The van der Waals surface area contributed by atoms with Crippen LogP contribution < -0.4 is 5.32 Å². The summed E-state index contributed by atoms with van der Waals surface area (Å²) in [7, 11) is 3.90. The van der Waals surface area contributed by atoms with E-state index >= 15 is 0 Å². The maximum Gasteiger partial charge on any atom is 0.261 e. The minimum Gasteiger partial charge on any atom is -0.383 e. The van der Waals surface area contributed by atoms with E-state index in [0.717, 1.165) is 52.6 Å². The molecule has 2 atom stereocenters. The Bertz CT molecular complexity index is 1480. The molecule has 180 valence electrons. The van der Waals surface area contributed by atoms with Crippen LogP contribution in [0.2, 0.25) is 0 Å². The number of piperidine rings is 1. The summed E-state index contributed by atoms with van der Waals surface area (Å²) in [4.78, 5) is 31.6. The van der Waals surface area contributed by atoms with Gasteiger partial charge in [-0.25, -0.2) is 0 Å². The SMILES string of the molecule is COCC1CC(Cn2nc(C3=C(c4c[nH]c5ccsc45)C(=O)NC3=O)c3ccccc32)CCN1C. The molecule has 9 heteroatoms. The molecule has 3 aromatic heterocycles. The number of carbonyl (C=O) groups is 2. The van der Waals surface area contributed by atoms with Gasteiger partial charge < -0.3 is 14.6 Å². The molecule has 1 fully saturated rings. The number of fused-ring (bicyclic) bond motifs is 2. The Morgan fingerprint density at radius 3 is 2.86 bits per heavy atom. The molecule has 0 radical (unpaired) electrons. The fourth-order valence-electron chi connectivity index (χ4n) is 5.47. The minimum atomic E-state index is -0.397. The van der Waals surface area contributed by atoms with E-state index in [1.54, 1.807) is 18.4 Å². The number of methoxy groups -OCH3 is 1. The number of H-pyrrole nitrogens is 1. The normalized spacial score (nSPS) is 21.5. The lowest BCUT2D eigenvalue weighted by Gasteiger charge is -2.36. The van der Waals surface area contributed by atoms with Crippen molar-refractivity contribution in [1.29, 1.82) is 0 Å². The number of aromatic nitrogens is 3. The van der Waals surface area contributed by atoms with E-state index in [4.69, 9.17) is 9.84 Å². The minimum absolute atomic E-state index is 0.347. The van der Waals surface area contributed by atoms with Crippen molar-refractivity contribution < 1.29 is 14.3 Å². The number of hydrogen-bond donors (Lipinski definition) is 2. The Morgan fingerprint density at radius 2 is 2.00 bits per heavy atom. The number of nitrogens with one attached hydrogen (secondary N) is 2. The zero-order valence-corrected chi connectivity index (χ0v) is 20.5. The molecule has 0 spiro atoms. The average Bonchev–Trinajstić information content (AvgIpc) is 3.60. The summed E-state index contributed by atoms with van der Waals surface area (Å²) < 4.78 is 8.41.